The highest BCUT2D eigenvalue weighted by molar-refractivity contribution is 7.09. The highest BCUT2D eigenvalue weighted by atomic mass is 32.1. The Balaban J connectivity index is 1.63. The van der Waals surface area contributed by atoms with Crippen molar-refractivity contribution in [1.82, 2.24) is 4.98 Å². The maximum atomic E-state index is 10.2. The zero-order valence-corrected chi connectivity index (χ0v) is 11.7. The van der Waals surface area contributed by atoms with Crippen molar-refractivity contribution in [2.75, 3.05) is 0 Å². The van der Waals surface area contributed by atoms with E-state index in [4.69, 9.17) is 4.74 Å². The Morgan fingerprint density at radius 2 is 2.11 bits per heavy atom. The van der Waals surface area contributed by atoms with Gasteiger partial charge in [0.05, 0.1) is 22.9 Å². The summed E-state index contributed by atoms with van der Waals surface area (Å²) in [5.41, 5.74) is 1.86. The van der Waals surface area contributed by atoms with Crippen LogP contribution in [0, 0.1) is 6.92 Å². The third-order valence-electron chi connectivity index (χ3n) is 3.16. The van der Waals surface area contributed by atoms with E-state index in [0.717, 1.165) is 34.9 Å². The standard InChI is InChI=1S/C15H17NO2S/c1-10-16-12(9-19-10)8-15(17)11-2-4-13(5-3-11)18-14-6-7-14/h2-5,9,14-15,17H,6-8H2,1H3. The van der Waals surface area contributed by atoms with Gasteiger partial charge in [-0.2, -0.15) is 0 Å². The fourth-order valence-corrected chi connectivity index (χ4v) is 2.59. The van der Waals surface area contributed by atoms with Gasteiger partial charge in [-0.25, -0.2) is 4.98 Å². The van der Waals surface area contributed by atoms with Crippen molar-refractivity contribution in [3.05, 3.63) is 45.9 Å². The van der Waals surface area contributed by atoms with Gasteiger partial charge in [0.25, 0.3) is 0 Å². The molecule has 0 saturated heterocycles. The van der Waals surface area contributed by atoms with Crippen LogP contribution >= 0.6 is 11.3 Å². The predicted octanol–water partition coefficient (Wildman–Crippen LogP) is 3.27. The fraction of sp³-hybridized carbons (Fsp3) is 0.400. The van der Waals surface area contributed by atoms with Crippen molar-refractivity contribution in [1.29, 1.82) is 0 Å². The number of thiazole rings is 1. The van der Waals surface area contributed by atoms with Crippen LogP contribution in [0.4, 0.5) is 0 Å². The van der Waals surface area contributed by atoms with Crippen molar-refractivity contribution >= 4 is 11.3 Å². The van der Waals surface area contributed by atoms with Crippen LogP contribution in [0.25, 0.3) is 0 Å². The van der Waals surface area contributed by atoms with Crippen LogP contribution in [0.5, 0.6) is 5.75 Å². The molecule has 1 saturated carbocycles. The molecule has 2 aromatic rings. The number of aromatic nitrogens is 1. The Bertz CT molecular complexity index is 546. The molecule has 100 valence electrons. The van der Waals surface area contributed by atoms with Gasteiger partial charge in [-0.15, -0.1) is 11.3 Å². The zero-order valence-electron chi connectivity index (χ0n) is 10.9. The first-order valence-corrected chi connectivity index (χ1v) is 7.44. The second kappa shape index (κ2) is 5.31. The smallest absolute Gasteiger partial charge is 0.119 e. The summed E-state index contributed by atoms with van der Waals surface area (Å²) in [5.74, 6) is 0.892. The highest BCUT2D eigenvalue weighted by Crippen LogP contribution is 2.28. The second-order valence-electron chi connectivity index (χ2n) is 4.96. The molecular weight excluding hydrogens is 258 g/mol. The largest absolute Gasteiger partial charge is 0.490 e. The van der Waals surface area contributed by atoms with Crippen molar-refractivity contribution < 1.29 is 9.84 Å². The van der Waals surface area contributed by atoms with Gasteiger partial charge in [-0.1, -0.05) is 12.1 Å². The summed E-state index contributed by atoms with van der Waals surface area (Å²) < 4.78 is 5.69. The molecule has 0 bridgehead atoms. The van der Waals surface area contributed by atoms with E-state index >= 15 is 0 Å². The Morgan fingerprint density at radius 3 is 2.68 bits per heavy atom. The lowest BCUT2D eigenvalue weighted by molar-refractivity contribution is 0.177. The van der Waals surface area contributed by atoms with Gasteiger partial charge in [0.15, 0.2) is 0 Å². The Hall–Kier alpha value is -1.39. The first-order valence-electron chi connectivity index (χ1n) is 6.56. The van der Waals surface area contributed by atoms with Gasteiger partial charge < -0.3 is 9.84 Å². The number of aryl methyl sites for hydroxylation is 1. The van der Waals surface area contributed by atoms with Crippen molar-refractivity contribution in [2.45, 2.75) is 38.4 Å². The first kappa shape index (κ1) is 12.6. The molecule has 1 aliphatic carbocycles. The van der Waals surface area contributed by atoms with Crippen LogP contribution in [-0.4, -0.2) is 16.2 Å². The topological polar surface area (TPSA) is 42.4 Å². The minimum Gasteiger partial charge on any atom is -0.490 e. The van der Waals surface area contributed by atoms with E-state index in [-0.39, 0.29) is 0 Å². The number of aliphatic hydroxyl groups excluding tert-OH is 1. The summed E-state index contributed by atoms with van der Waals surface area (Å²) in [4.78, 5) is 4.38. The molecule has 1 atom stereocenters. The molecule has 3 rings (SSSR count). The van der Waals surface area contributed by atoms with Crippen molar-refractivity contribution in [2.24, 2.45) is 0 Å². The average molecular weight is 275 g/mol. The van der Waals surface area contributed by atoms with Gasteiger partial charge in [0.1, 0.15) is 5.75 Å². The molecule has 0 spiro atoms. The van der Waals surface area contributed by atoms with Crippen molar-refractivity contribution in [3.8, 4) is 5.75 Å². The number of ether oxygens (including phenoxy) is 1. The molecule has 19 heavy (non-hydrogen) atoms. The number of hydrogen-bond acceptors (Lipinski definition) is 4. The van der Waals surface area contributed by atoms with E-state index in [2.05, 4.69) is 4.98 Å². The number of rotatable bonds is 5. The third kappa shape index (κ3) is 3.33. The number of hydrogen-bond donors (Lipinski definition) is 1. The van der Waals surface area contributed by atoms with Gasteiger partial charge in [-0.05, 0) is 37.5 Å². The summed E-state index contributed by atoms with van der Waals surface area (Å²) in [6.07, 6.45) is 2.79. The minimum atomic E-state index is -0.503. The van der Waals surface area contributed by atoms with Crippen molar-refractivity contribution in [3.63, 3.8) is 0 Å². The van der Waals surface area contributed by atoms with Gasteiger partial charge in [-0.3, -0.25) is 0 Å². The molecule has 0 amide bonds. The zero-order chi connectivity index (χ0) is 13.2. The lowest BCUT2D eigenvalue weighted by Crippen LogP contribution is -2.02. The first-order chi connectivity index (χ1) is 9.20. The van der Waals surface area contributed by atoms with E-state index in [0.29, 0.717) is 12.5 Å². The van der Waals surface area contributed by atoms with E-state index < -0.39 is 6.10 Å². The monoisotopic (exact) mass is 275 g/mol. The van der Waals surface area contributed by atoms with Crippen LogP contribution in [0.3, 0.4) is 0 Å². The number of benzene rings is 1. The normalized spacial score (nSPS) is 16.3. The molecule has 1 N–H and O–H groups in total. The van der Waals surface area contributed by atoms with Crippen LogP contribution < -0.4 is 4.74 Å². The van der Waals surface area contributed by atoms with Crippen LogP contribution in [0.2, 0.25) is 0 Å². The lowest BCUT2D eigenvalue weighted by Gasteiger charge is -2.11. The molecule has 1 aromatic heterocycles. The SMILES string of the molecule is Cc1nc(CC(O)c2ccc(OC3CC3)cc2)cs1. The quantitative estimate of drug-likeness (QED) is 0.910. The summed E-state index contributed by atoms with van der Waals surface area (Å²) in [5, 5.41) is 13.2. The molecule has 3 nitrogen and oxygen atoms in total. The van der Waals surface area contributed by atoms with E-state index in [1.54, 1.807) is 11.3 Å². The van der Waals surface area contributed by atoms with Crippen LogP contribution in [0.15, 0.2) is 29.6 Å². The van der Waals surface area contributed by atoms with Gasteiger partial charge >= 0.3 is 0 Å². The molecule has 0 radical (unpaired) electrons. The second-order valence-corrected chi connectivity index (χ2v) is 6.03. The molecule has 4 heteroatoms. The maximum absolute atomic E-state index is 10.2. The Labute approximate surface area is 116 Å². The summed E-state index contributed by atoms with van der Waals surface area (Å²) in [7, 11) is 0. The van der Waals surface area contributed by atoms with E-state index in [1.165, 1.54) is 0 Å². The molecule has 1 heterocycles. The predicted molar refractivity (Wildman–Crippen MR) is 75.6 cm³/mol. The lowest BCUT2D eigenvalue weighted by atomic mass is 10.1. The third-order valence-corrected chi connectivity index (χ3v) is 3.98. The maximum Gasteiger partial charge on any atom is 0.119 e. The Morgan fingerprint density at radius 1 is 1.37 bits per heavy atom. The highest BCUT2D eigenvalue weighted by Gasteiger charge is 2.23. The summed E-state index contributed by atoms with van der Waals surface area (Å²) >= 11 is 1.62. The fourth-order valence-electron chi connectivity index (χ4n) is 1.96. The molecule has 1 aliphatic rings. The molecule has 1 unspecified atom stereocenters. The van der Waals surface area contributed by atoms with Crippen LogP contribution in [0.1, 0.15) is 35.2 Å². The molecule has 1 fully saturated rings. The van der Waals surface area contributed by atoms with Gasteiger partial charge in [0.2, 0.25) is 0 Å². The summed E-state index contributed by atoms with van der Waals surface area (Å²) in [6.45, 7) is 1.98. The van der Waals surface area contributed by atoms with E-state index in [9.17, 15) is 5.11 Å². The molecule has 1 aromatic carbocycles. The summed E-state index contributed by atoms with van der Waals surface area (Å²) in [6, 6.07) is 7.73. The molecular formula is C15H17NO2S. The average Bonchev–Trinajstić information content (AvgIpc) is 3.12. The minimum absolute atomic E-state index is 0.411. The Kier molecular flexibility index (Phi) is 3.53. The number of nitrogens with zero attached hydrogens (tertiary/aromatic N) is 1. The van der Waals surface area contributed by atoms with Crippen LogP contribution in [-0.2, 0) is 6.42 Å². The van der Waals surface area contributed by atoms with Gasteiger partial charge in [0, 0.05) is 11.8 Å². The molecule has 0 aliphatic heterocycles. The number of aliphatic hydroxyl groups is 1. The van der Waals surface area contributed by atoms with E-state index in [1.807, 2.05) is 36.6 Å².